The highest BCUT2D eigenvalue weighted by molar-refractivity contribution is 4.61. The molecule has 0 aromatic carbocycles. The molecule has 0 aromatic rings. The first-order chi connectivity index (χ1) is 9.81. The van der Waals surface area contributed by atoms with E-state index in [2.05, 4.69) is 13.8 Å². The van der Waals surface area contributed by atoms with Gasteiger partial charge in [-0.05, 0) is 19.3 Å². The third-order valence-corrected chi connectivity index (χ3v) is 3.91. The van der Waals surface area contributed by atoms with Crippen LogP contribution in [0.2, 0.25) is 0 Å². The van der Waals surface area contributed by atoms with Crippen LogP contribution in [-0.4, -0.2) is 19.3 Å². The standard InChI is InChI=1S/C18H39NO/c1-3-5-6-7-8-9-10-11-12-13-14-18(19)15-17-20-16-4-2/h18H,3-17,19H2,1-2H3. The van der Waals surface area contributed by atoms with Crippen LogP contribution >= 0.6 is 0 Å². The van der Waals surface area contributed by atoms with E-state index in [0.29, 0.717) is 6.04 Å². The molecule has 0 aromatic heterocycles. The summed E-state index contributed by atoms with van der Waals surface area (Å²) in [7, 11) is 0. The zero-order valence-corrected chi connectivity index (χ0v) is 14.2. The minimum Gasteiger partial charge on any atom is -0.381 e. The minimum atomic E-state index is 0.348. The van der Waals surface area contributed by atoms with Crippen molar-refractivity contribution in [3.63, 3.8) is 0 Å². The number of unbranched alkanes of at least 4 members (excludes halogenated alkanes) is 9. The first kappa shape index (κ1) is 19.9. The van der Waals surface area contributed by atoms with Crippen molar-refractivity contribution in [3.05, 3.63) is 0 Å². The zero-order chi connectivity index (χ0) is 14.9. The van der Waals surface area contributed by atoms with E-state index in [1.807, 2.05) is 0 Å². The fraction of sp³-hybridized carbons (Fsp3) is 1.00. The molecule has 2 N–H and O–H groups in total. The normalized spacial score (nSPS) is 12.8. The first-order valence-corrected chi connectivity index (χ1v) is 9.14. The molecule has 0 heterocycles. The Kier molecular flexibility index (Phi) is 16.9. The van der Waals surface area contributed by atoms with E-state index < -0.39 is 0 Å². The molecule has 2 nitrogen and oxygen atoms in total. The molecule has 122 valence electrons. The van der Waals surface area contributed by atoms with Gasteiger partial charge < -0.3 is 10.5 Å². The van der Waals surface area contributed by atoms with Crippen LogP contribution in [0.1, 0.15) is 97.3 Å². The van der Waals surface area contributed by atoms with Gasteiger partial charge in [-0.1, -0.05) is 78.1 Å². The van der Waals surface area contributed by atoms with Gasteiger partial charge in [-0.15, -0.1) is 0 Å². The van der Waals surface area contributed by atoms with Crippen LogP contribution in [0, 0.1) is 0 Å². The second-order valence-electron chi connectivity index (χ2n) is 6.13. The van der Waals surface area contributed by atoms with Crippen LogP contribution in [0.5, 0.6) is 0 Å². The van der Waals surface area contributed by atoms with Crippen LogP contribution in [0.3, 0.4) is 0 Å². The largest absolute Gasteiger partial charge is 0.381 e. The summed E-state index contributed by atoms with van der Waals surface area (Å²) in [4.78, 5) is 0. The summed E-state index contributed by atoms with van der Waals surface area (Å²) in [5, 5.41) is 0. The molecule has 1 unspecified atom stereocenters. The van der Waals surface area contributed by atoms with E-state index in [1.54, 1.807) is 0 Å². The molecule has 0 aliphatic rings. The highest BCUT2D eigenvalue weighted by atomic mass is 16.5. The molecule has 0 rings (SSSR count). The Labute approximate surface area is 127 Å². The van der Waals surface area contributed by atoms with Gasteiger partial charge in [-0.25, -0.2) is 0 Å². The SMILES string of the molecule is CCCCCCCCCCCCC(N)CCOCCC. The zero-order valence-electron chi connectivity index (χ0n) is 14.2. The number of rotatable bonds is 16. The van der Waals surface area contributed by atoms with E-state index >= 15 is 0 Å². The summed E-state index contributed by atoms with van der Waals surface area (Å²) >= 11 is 0. The summed E-state index contributed by atoms with van der Waals surface area (Å²) in [6.07, 6.45) is 17.3. The summed E-state index contributed by atoms with van der Waals surface area (Å²) in [6.45, 7) is 6.14. The molecule has 0 bridgehead atoms. The molecule has 0 radical (unpaired) electrons. The highest BCUT2D eigenvalue weighted by Crippen LogP contribution is 2.12. The lowest BCUT2D eigenvalue weighted by molar-refractivity contribution is 0.127. The second-order valence-corrected chi connectivity index (χ2v) is 6.13. The monoisotopic (exact) mass is 285 g/mol. The van der Waals surface area contributed by atoms with Crippen molar-refractivity contribution in [2.24, 2.45) is 5.73 Å². The topological polar surface area (TPSA) is 35.2 Å². The Morgan fingerprint density at radius 3 is 1.75 bits per heavy atom. The van der Waals surface area contributed by atoms with Crippen LogP contribution < -0.4 is 5.73 Å². The Balaban J connectivity index is 3.07. The highest BCUT2D eigenvalue weighted by Gasteiger charge is 2.02. The summed E-state index contributed by atoms with van der Waals surface area (Å²) in [5.41, 5.74) is 6.08. The van der Waals surface area contributed by atoms with E-state index in [4.69, 9.17) is 10.5 Å². The van der Waals surface area contributed by atoms with Crippen molar-refractivity contribution < 1.29 is 4.74 Å². The summed E-state index contributed by atoms with van der Waals surface area (Å²) in [5.74, 6) is 0. The van der Waals surface area contributed by atoms with E-state index in [1.165, 1.54) is 70.6 Å². The molecule has 0 aliphatic carbocycles. The maximum Gasteiger partial charge on any atom is 0.0480 e. The molecule has 0 saturated heterocycles. The molecular weight excluding hydrogens is 246 g/mol. The van der Waals surface area contributed by atoms with Gasteiger partial charge in [0.25, 0.3) is 0 Å². The van der Waals surface area contributed by atoms with Crippen LogP contribution in [0.15, 0.2) is 0 Å². The molecule has 0 saturated carbocycles. The predicted octanol–water partition coefficient (Wildman–Crippen LogP) is 5.44. The van der Waals surface area contributed by atoms with Gasteiger partial charge in [0.05, 0.1) is 0 Å². The third kappa shape index (κ3) is 16.0. The molecular formula is C18H39NO. The van der Waals surface area contributed by atoms with Crippen molar-refractivity contribution in [1.82, 2.24) is 0 Å². The average Bonchev–Trinajstić information content (AvgIpc) is 2.45. The van der Waals surface area contributed by atoms with Crippen LogP contribution in [0.4, 0.5) is 0 Å². The number of hydrogen-bond acceptors (Lipinski definition) is 2. The van der Waals surface area contributed by atoms with Crippen molar-refractivity contribution in [2.45, 2.75) is 103 Å². The molecule has 0 aliphatic heterocycles. The number of nitrogens with two attached hydrogens (primary N) is 1. The first-order valence-electron chi connectivity index (χ1n) is 9.14. The van der Waals surface area contributed by atoms with Gasteiger partial charge in [-0.2, -0.15) is 0 Å². The molecule has 1 atom stereocenters. The maximum absolute atomic E-state index is 6.08. The van der Waals surface area contributed by atoms with E-state index in [0.717, 1.165) is 26.1 Å². The third-order valence-electron chi connectivity index (χ3n) is 3.91. The molecule has 2 heteroatoms. The average molecular weight is 286 g/mol. The minimum absolute atomic E-state index is 0.348. The Morgan fingerprint density at radius 2 is 1.20 bits per heavy atom. The van der Waals surface area contributed by atoms with Crippen LogP contribution in [-0.2, 0) is 4.74 Å². The number of hydrogen-bond donors (Lipinski definition) is 1. The lowest BCUT2D eigenvalue weighted by atomic mass is 10.0. The lowest BCUT2D eigenvalue weighted by Gasteiger charge is -2.11. The number of ether oxygens (including phenoxy) is 1. The molecule has 20 heavy (non-hydrogen) atoms. The van der Waals surface area contributed by atoms with Gasteiger partial charge in [0.15, 0.2) is 0 Å². The smallest absolute Gasteiger partial charge is 0.0480 e. The van der Waals surface area contributed by atoms with E-state index in [-0.39, 0.29) is 0 Å². The lowest BCUT2D eigenvalue weighted by Crippen LogP contribution is -2.21. The molecule has 0 spiro atoms. The van der Waals surface area contributed by atoms with Crippen molar-refractivity contribution in [3.8, 4) is 0 Å². The Hall–Kier alpha value is -0.0800. The summed E-state index contributed by atoms with van der Waals surface area (Å²) < 4.78 is 5.47. The van der Waals surface area contributed by atoms with Gasteiger partial charge in [0, 0.05) is 19.3 Å². The van der Waals surface area contributed by atoms with Gasteiger partial charge in [-0.3, -0.25) is 0 Å². The Bertz CT molecular complexity index is 173. The Morgan fingerprint density at radius 1 is 0.650 bits per heavy atom. The van der Waals surface area contributed by atoms with Gasteiger partial charge in [0.1, 0.15) is 0 Å². The van der Waals surface area contributed by atoms with Crippen LogP contribution in [0.25, 0.3) is 0 Å². The van der Waals surface area contributed by atoms with Crippen molar-refractivity contribution >= 4 is 0 Å². The second kappa shape index (κ2) is 17.0. The fourth-order valence-corrected chi connectivity index (χ4v) is 2.52. The molecule has 0 amide bonds. The van der Waals surface area contributed by atoms with Gasteiger partial charge in [0.2, 0.25) is 0 Å². The molecule has 0 fully saturated rings. The maximum atomic E-state index is 6.08. The van der Waals surface area contributed by atoms with E-state index in [9.17, 15) is 0 Å². The predicted molar refractivity (Wildman–Crippen MR) is 90.2 cm³/mol. The quantitative estimate of drug-likeness (QED) is 0.383. The van der Waals surface area contributed by atoms with Gasteiger partial charge >= 0.3 is 0 Å². The van der Waals surface area contributed by atoms with Crippen molar-refractivity contribution in [2.75, 3.05) is 13.2 Å². The summed E-state index contributed by atoms with van der Waals surface area (Å²) in [6, 6.07) is 0.348. The fourth-order valence-electron chi connectivity index (χ4n) is 2.52. The van der Waals surface area contributed by atoms with Crippen molar-refractivity contribution in [1.29, 1.82) is 0 Å².